The van der Waals surface area contributed by atoms with Crippen LogP contribution >= 0.6 is 23.6 Å². The van der Waals surface area contributed by atoms with E-state index in [0.29, 0.717) is 38.8 Å². The number of H-pyrrole nitrogens is 2. The minimum absolute atomic E-state index is 0.00525. The fraction of sp³-hybridized carbons (Fsp3) is 0.190. The van der Waals surface area contributed by atoms with Gasteiger partial charge in [-0.05, 0) is 61.5 Å². The molecule has 10 nitrogen and oxygen atoms in total. The van der Waals surface area contributed by atoms with Crippen molar-refractivity contribution >= 4 is 51.8 Å². The highest BCUT2D eigenvalue weighted by molar-refractivity contribution is 7.73. The minimum Gasteiger partial charge on any atom is -0.481 e. The second-order valence-corrected chi connectivity index (χ2v) is 8.67. The predicted molar refractivity (Wildman–Crippen MR) is 124 cm³/mol. The standard InChI is InChI=1S/C21H18N4O6S2/c26-17-11-15(31-24-17)12-4-6-13(7-5-12)30-21(29)25(10-2-1-3-18(27)28)16-9-8-14-19(23-16)33-20(32)22-14/h4-9,11H,1-3,10H2,(H,22,32)(H,24,26)(H,27,28). The van der Waals surface area contributed by atoms with E-state index < -0.39 is 12.1 Å². The summed E-state index contributed by atoms with van der Waals surface area (Å²) in [7, 11) is 0. The number of rotatable bonds is 8. The van der Waals surface area contributed by atoms with Crippen LogP contribution in [0, 0.1) is 3.95 Å². The highest BCUT2D eigenvalue weighted by atomic mass is 32.1. The first kappa shape index (κ1) is 22.4. The molecule has 4 aromatic rings. The van der Waals surface area contributed by atoms with Gasteiger partial charge in [0.1, 0.15) is 16.4 Å². The molecule has 3 N–H and O–H groups in total. The first-order valence-electron chi connectivity index (χ1n) is 9.89. The van der Waals surface area contributed by atoms with Crippen LogP contribution in [0.4, 0.5) is 10.6 Å². The van der Waals surface area contributed by atoms with E-state index in [9.17, 15) is 14.4 Å². The Hall–Kier alpha value is -3.77. The van der Waals surface area contributed by atoms with Crippen molar-refractivity contribution in [3.8, 4) is 17.1 Å². The van der Waals surface area contributed by atoms with Crippen molar-refractivity contribution in [2.75, 3.05) is 11.4 Å². The molecule has 0 radical (unpaired) electrons. The van der Waals surface area contributed by atoms with Crippen molar-refractivity contribution in [2.24, 2.45) is 0 Å². The third-order valence-corrected chi connectivity index (χ3v) is 5.80. The van der Waals surface area contributed by atoms with Gasteiger partial charge in [-0.2, -0.15) is 5.16 Å². The van der Waals surface area contributed by atoms with Crippen LogP contribution in [0.2, 0.25) is 0 Å². The zero-order valence-corrected chi connectivity index (χ0v) is 18.7. The Bertz CT molecular complexity index is 1400. The molecule has 1 aromatic carbocycles. The largest absolute Gasteiger partial charge is 0.481 e. The number of carbonyl (C=O) groups excluding carboxylic acids is 1. The summed E-state index contributed by atoms with van der Waals surface area (Å²) in [6.07, 6.45) is 0.207. The number of hydrogen-bond donors (Lipinski definition) is 3. The number of carbonyl (C=O) groups is 2. The number of aliphatic carboxylic acids is 1. The summed E-state index contributed by atoms with van der Waals surface area (Å²) in [6.45, 7) is 0.229. The van der Waals surface area contributed by atoms with E-state index >= 15 is 0 Å². The second kappa shape index (κ2) is 9.79. The first-order chi connectivity index (χ1) is 15.9. The van der Waals surface area contributed by atoms with Crippen LogP contribution in [0.1, 0.15) is 19.3 Å². The first-order valence-corrected chi connectivity index (χ1v) is 11.1. The van der Waals surface area contributed by atoms with E-state index in [2.05, 4.69) is 15.1 Å². The molecule has 0 aliphatic carbocycles. The van der Waals surface area contributed by atoms with Crippen molar-refractivity contribution in [3.05, 3.63) is 56.8 Å². The normalized spacial score (nSPS) is 10.9. The number of carboxylic acid groups (broad SMARTS) is 1. The third kappa shape index (κ3) is 5.54. The second-order valence-electron chi connectivity index (χ2n) is 7.01. The molecule has 0 atom stereocenters. The maximum atomic E-state index is 13.0. The van der Waals surface area contributed by atoms with Crippen molar-refractivity contribution in [2.45, 2.75) is 19.3 Å². The molecule has 0 saturated heterocycles. The lowest BCUT2D eigenvalue weighted by atomic mass is 10.2. The van der Waals surface area contributed by atoms with E-state index in [1.807, 2.05) is 0 Å². The van der Waals surface area contributed by atoms with Gasteiger partial charge in [-0.3, -0.25) is 14.5 Å². The number of anilines is 1. The average Bonchev–Trinajstić information content (AvgIpc) is 3.38. The van der Waals surface area contributed by atoms with E-state index in [1.54, 1.807) is 36.4 Å². The van der Waals surface area contributed by atoms with Gasteiger partial charge in [0.25, 0.3) is 5.56 Å². The van der Waals surface area contributed by atoms with Gasteiger partial charge < -0.3 is 19.4 Å². The lowest BCUT2D eigenvalue weighted by Crippen LogP contribution is -2.35. The lowest BCUT2D eigenvalue weighted by Gasteiger charge is -2.21. The average molecular weight is 487 g/mol. The molecule has 12 heteroatoms. The van der Waals surface area contributed by atoms with Gasteiger partial charge in [0, 0.05) is 18.5 Å². The summed E-state index contributed by atoms with van der Waals surface area (Å²) in [4.78, 5) is 44.6. The Morgan fingerprint density at radius 1 is 1.18 bits per heavy atom. The number of unbranched alkanes of at least 4 members (excludes halogenated alkanes) is 1. The number of pyridine rings is 1. The molecule has 0 bridgehead atoms. The number of amides is 1. The third-order valence-electron chi connectivity index (χ3n) is 4.66. The van der Waals surface area contributed by atoms with Gasteiger partial charge >= 0.3 is 12.1 Å². The number of carboxylic acids is 1. The lowest BCUT2D eigenvalue weighted by molar-refractivity contribution is -0.137. The molecule has 170 valence electrons. The van der Waals surface area contributed by atoms with Gasteiger partial charge in [-0.25, -0.2) is 9.78 Å². The number of aromatic amines is 2. The molecule has 3 aromatic heterocycles. The van der Waals surface area contributed by atoms with Crippen LogP contribution in [0.15, 0.2) is 51.8 Å². The summed E-state index contributed by atoms with van der Waals surface area (Å²) < 4.78 is 11.2. The van der Waals surface area contributed by atoms with Crippen molar-refractivity contribution in [1.82, 2.24) is 15.1 Å². The van der Waals surface area contributed by atoms with E-state index in [0.717, 1.165) is 5.52 Å². The molecule has 0 saturated carbocycles. The Morgan fingerprint density at radius 2 is 1.97 bits per heavy atom. The summed E-state index contributed by atoms with van der Waals surface area (Å²) >= 11 is 6.44. The maximum absolute atomic E-state index is 13.0. The van der Waals surface area contributed by atoms with Crippen LogP contribution in [0.5, 0.6) is 5.75 Å². The molecule has 1 amide bonds. The number of benzene rings is 1. The summed E-state index contributed by atoms with van der Waals surface area (Å²) in [5.41, 5.74) is 1.05. The fourth-order valence-corrected chi connectivity index (χ4v) is 4.14. The summed E-state index contributed by atoms with van der Waals surface area (Å²) in [6, 6.07) is 11.2. The van der Waals surface area contributed by atoms with Crippen molar-refractivity contribution < 1.29 is 24.0 Å². The number of ether oxygens (including phenoxy) is 1. The molecule has 0 spiro atoms. The Kier molecular flexibility index (Phi) is 6.66. The SMILES string of the molecule is O=C(O)CCCCN(C(=O)Oc1ccc(-c2cc(=O)[nH]o2)cc1)c1ccc2[nH]c(=S)sc2n1. The van der Waals surface area contributed by atoms with Gasteiger partial charge in [0.05, 0.1) is 11.6 Å². The molecule has 0 fully saturated rings. The molecule has 0 unspecified atom stereocenters. The van der Waals surface area contributed by atoms with E-state index in [4.69, 9.17) is 26.6 Å². The number of fused-ring (bicyclic) bond motifs is 1. The number of nitrogens with one attached hydrogen (secondary N) is 2. The fourth-order valence-electron chi connectivity index (χ4n) is 3.09. The Balaban J connectivity index is 1.53. The highest BCUT2D eigenvalue weighted by Gasteiger charge is 2.20. The van der Waals surface area contributed by atoms with Crippen LogP contribution < -0.4 is 15.2 Å². The number of thiazole rings is 1. The molecule has 0 aliphatic rings. The molecule has 4 rings (SSSR count). The van der Waals surface area contributed by atoms with Crippen LogP contribution in [-0.2, 0) is 4.79 Å². The Morgan fingerprint density at radius 3 is 2.67 bits per heavy atom. The minimum atomic E-state index is -0.894. The van der Waals surface area contributed by atoms with Gasteiger partial charge in [-0.1, -0.05) is 11.3 Å². The summed E-state index contributed by atoms with van der Waals surface area (Å²) in [5, 5.41) is 11.1. The van der Waals surface area contributed by atoms with Crippen molar-refractivity contribution in [1.29, 1.82) is 0 Å². The molecule has 0 aliphatic heterocycles. The predicted octanol–water partition coefficient (Wildman–Crippen LogP) is 4.56. The molecule has 3 heterocycles. The highest BCUT2D eigenvalue weighted by Crippen LogP contribution is 2.25. The monoisotopic (exact) mass is 486 g/mol. The molecule has 33 heavy (non-hydrogen) atoms. The number of hydrogen-bond acceptors (Lipinski definition) is 8. The smallest absolute Gasteiger partial charge is 0.420 e. The maximum Gasteiger partial charge on any atom is 0.420 e. The van der Waals surface area contributed by atoms with Crippen LogP contribution in [-0.4, -0.2) is 38.8 Å². The zero-order valence-electron chi connectivity index (χ0n) is 17.1. The van der Waals surface area contributed by atoms with Gasteiger partial charge in [0.15, 0.2) is 9.71 Å². The topological polar surface area (TPSA) is 142 Å². The van der Waals surface area contributed by atoms with Crippen molar-refractivity contribution in [3.63, 3.8) is 0 Å². The number of nitrogens with zero attached hydrogens (tertiary/aromatic N) is 2. The molecular weight excluding hydrogens is 468 g/mol. The quantitative estimate of drug-likeness (QED) is 0.243. The Labute approximate surface area is 195 Å². The van der Waals surface area contributed by atoms with Crippen LogP contribution in [0.3, 0.4) is 0 Å². The summed E-state index contributed by atoms with van der Waals surface area (Å²) in [5.74, 6) is 0.132. The molecular formula is C21H18N4O6S2. The zero-order chi connectivity index (χ0) is 23.4. The number of aromatic nitrogens is 3. The van der Waals surface area contributed by atoms with E-state index in [-0.39, 0.29) is 24.3 Å². The van der Waals surface area contributed by atoms with Gasteiger partial charge in [0.2, 0.25) is 0 Å². The van der Waals surface area contributed by atoms with Gasteiger partial charge in [-0.15, -0.1) is 0 Å². The van der Waals surface area contributed by atoms with E-state index in [1.165, 1.54) is 22.3 Å². The van der Waals surface area contributed by atoms with Crippen LogP contribution in [0.25, 0.3) is 21.7 Å².